The predicted molar refractivity (Wildman–Crippen MR) is 101 cm³/mol. The van der Waals surface area contributed by atoms with Gasteiger partial charge in [0.05, 0.1) is 12.2 Å². The highest BCUT2D eigenvalue weighted by molar-refractivity contribution is 9.10. The Kier molecular flexibility index (Phi) is 5.62. The predicted octanol–water partition coefficient (Wildman–Crippen LogP) is 3.94. The number of likely N-dealkylation sites (N-methyl/N-ethyl adjacent to an activating group) is 1. The van der Waals surface area contributed by atoms with E-state index in [-0.39, 0.29) is 12.5 Å². The van der Waals surface area contributed by atoms with Gasteiger partial charge in [0.15, 0.2) is 10.8 Å². The molecule has 3 heterocycles. The number of rotatable bonds is 6. The maximum absolute atomic E-state index is 12.1. The smallest absolute Gasteiger partial charge is 0.239 e. The van der Waals surface area contributed by atoms with Crippen LogP contribution in [-0.4, -0.2) is 34.4 Å². The van der Waals surface area contributed by atoms with Crippen molar-refractivity contribution < 1.29 is 9.21 Å². The Morgan fingerprint density at radius 3 is 2.88 bits per heavy atom. The lowest BCUT2D eigenvalue weighted by Crippen LogP contribution is -2.30. The number of carbonyl (C=O) groups excluding carboxylic acids is 1. The molecule has 130 valence electrons. The summed E-state index contributed by atoms with van der Waals surface area (Å²) < 4.78 is 6.46. The number of aromatic nitrogens is 2. The fourth-order valence-electron chi connectivity index (χ4n) is 2.25. The molecule has 0 radical (unpaired) electrons. The minimum Gasteiger partial charge on any atom is -0.459 e. The highest BCUT2D eigenvalue weighted by Gasteiger charge is 2.12. The minimum atomic E-state index is -0.116. The summed E-state index contributed by atoms with van der Waals surface area (Å²) in [5, 5.41) is 5.61. The molecule has 0 bridgehead atoms. The molecule has 0 fully saturated rings. The summed E-state index contributed by atoms with van der Waals surface area (Å²) in [5.41, 5.74) is 0.908. The van der Waals surface area contributed by atoms with Crippen molar-refractivity contribution in [3.8, 4) is 10.8 Å². The van der Waals surface area contributed by atoms with Crippen LogP contribution in [0.1, 0.15) is 11.5 Å². The quantitative estimate of drug-likeness (QED) is 0.653. The summed E-state index contributed by atoms with van der Waals surface area (Å²) in [6, 6.07) is 7.42. The Morgan fingerprint density at radius 1 is 1.36 bits per heavy atom. The highest BCUT2D eigenvalue weighted by Crippen LogP contribution is 2.25. The van der Waals surface area contributed by atoms with Gasteiger partial charge in [-0.2, -0.15) is 0 Å². The topological polar surface area (TPSA) is 71.3 Å². The fourth-order valence-corrected chi connectivity index (χ4v) is 3.26. The molecule has 0 aliphatic carbocycles. The van der Waals surface area contributed by atoms with E-state index in [0.29, 0.717) is 12.4 Å². The maximum atomic E-state index is 12.1. The van der Waals surface area contributed by atoms with Crippen molar-refractivity contribution in [2.45, 2.75) is 13.5 Å². The molecule has 1 N–H and O–H groups in total. The lowest BCUT2D eigenvalue weighted by atomic mass is 10.4. The Morgan fingerprint density at radius 2 is 2.20 bits per heavy atom. The van der Waals surface area contributed by atoms with Crippen LogP contribution in [0.25, 0.3) is 10.8 Å². The summed E-state index contributed by atoms with van der Waals surface area (Å²) in [7, 11) is 1.88. The summed E-state index contributed by atoms with van der Waals surface area (Å²) in [6.07, 6.45) is 1.65. The number of pyridine rings is 1. The molecular formula is C17H17BrN4O2S. The van der Waals surface area contributed by atoms with E-state index in [1.165, 1.54) is 11.3 Å². The van der Waals surface area contributed by atoms with Crippen LogP contribution < -0.4 is 5.32 Å². The van der Waals surface area contributed by atoms with E-state index in [2.05, 4.69) is 31.2 Å². The van der Waals surface area contributed by atoms with Crippen molar-refractivity contribution in [3.63, 3.8) is 0 Å². The standard InChI is InChI=1S/C17H17BrN4O2S/c1-11-3-5-14(24-11)17-20-13(10-25-17)8-22(2)9-16(23)21-15-6-4-12(18)7-19-15/h3-7,10H,8-9H2,1-2H3,(H,19,21,23). The molecule has 0 aliphatic rings. The number of aryl methyl sites for hydroxylation is 1. The van der Waals surface area contributed by atoms with E-state index in [4.69, 9.17) is 4.42 Å². The molecule has 3 rings (SSSR count). The fraction of sp³-hybridized carbons (Fsp3) is 0.235. The SMILES string of the molecule is Cc1ccc(-c2nc(CN(C)CC(=O)Nc3ccc(Br)cn3)cs2)o1. The number of nitrogens with zero attached hydrogens (tertiary/aromatic N) is 3. The minimum absolute atomic E-state index is 0.116. The first kappa shape index (κ1) is 17.8. The van der Waals surface area contributed by atoms with E-state index < -0.39 is 0 Å². The molecule has 3 aromatic rings. The Hall–Kier alpha value is -2.03. The maximum Gasteiger partial charge on any atom is 0.239 e. The van der Waals surface area contributed by atoms with Crippen molar-refractivity contribution in [1.29, 1.82) is 0 Å². The summed E-state index contributed by atoms with van der Waals surface area (Å²) in [6.45, 7) is 2.74. The third-order valence-electron chi connectivity index (χ3n) is 3.34. The first-order chi connectivity index (χ1) is 12.0. The van der Waals surface area contributed by atoms with Gasteiger partial charge >= 0.3 is 0 Å². The van der Waals surface area contributed by atoms with E-state index >= 15 is 0 Å². The molecule has 1 amide bonds. The normalized spacial score (nSPS) is 11.0. The number of amides is 1. The van der Waals surface area contributed by atoms with Crippen LogP contribution in [0, 0.1) is 6.92 Å². The molecule has 0 saturated carbocycles. The summed E-state index contributed by atoms with van der Waals surface area (Å²) in [4.78, 5) is 22.7. The van der Waals surface area contributed by atoms with Crippen molar-refractivity contribution in [2.75, 3.05) is 18.9 Å². The van der Waals surface area contributed by atoms with E-state index in [1.807, 2.05) is 42.5 Å². The van der Waals surface area contributed by atoms with Crippen LogP contribution in [-0.2, 0) is 11.3 Å². The van der Waals surface area contributed by atoms with Crippen LogP contribution in [0.3, 0.4) is 0 Å². The Bertz CT molecular complexity index is 860. The van der Waals surface area contributed by atoms with Crippen LogP contribution in [0.2, 0.25) is 0 Å². The van der Waals surface area contributed by atoms with Gasteiger partial charge in [-0.15, -0.1) is 11.3 Å². The number of halogens is 1. The molecule has 6 nitrogen and oxygen atoms in total. The first-order valence-corrected chi connectivity index (χ1v) is 9.28. The van der Waals surface area contributed by atoms with Crippen molar-refractivity contribution in [2.24, 2.45) is 0 Å². The largest absolute Gasteiger partial charge is 0.459 e. The number of nitrogens with one attached hydrogen (secondary N) is 1. The van der Waals surface area contributed by atoms with Crippen LogP contribution >= 0.6 is 27.3 Å². The number of hydrogen-bond donors (Lipinski definition) is 1. The average Bonchev–Trinajstić information content (AvgIpc) is 3.18. The number of hydrogen-bond acceptors (Lipinski definition) is 6. The monoisotopic (exact) mass is 420 g/mol. The number of furan rings is 1. The van der Waals surface area contributed by atoms with Gasteiger partial charge in [0.25, 0.3) is 0 Å². The van der Waals surface area contributed by atoms with Gasteiger partial charge < -0.3 is 9.73 Å². The van der Waals surface area contributed by atoms with Crippen LogP contribution in [0.15, 0.2) is 44.7 Å². The number of carbonyl (C=O) groups is 1. The Labute approximate surface area is 158 Å². The van der Waals surface area contributed by atoms with E-state index in [1.54, 1.807) is 12.3 Å². The van der Waals surface area contributed by atoms with Crippen molar-refractivity contribution >= 4 is 39.0 Å². The lowest BCUT2D eigenvalue weighted by Gasteiger charge is -2.14. The third kappa shape index (κ3) is 4.97. The first-order valence-electron chi connectivity index (χ1n) is 7.61. The van der Waals surface area contributed by atoms with Crippen molar-refractivity contribution in [1.82, 2.24) is 14.9 Å². The van der Waals surface area contributed by atoms with E-state index in [9.17, 15) is 4.79 Å². The summed E-state index contributed by atoms with van der Waals surface area (Å²) >= 11 is 4.85. The highest BCUT2D eigenvalue weighted by atomic mass is 79.9. The zero-order chi connectivity index (χ0) is 17.8. The van der Waals surface area contributed by atoms with Gasteiger partial charge in [-0.1, -0.05) is 0 Å². The molecule has 25 heavy (non-hydrogen) atoms. The van der Waals surface area contributed by atoms with Crippen LogP contribution in [0.4, 0.5) is 5.82 Å². The lowest BCUT2D eigenvalue weighted by molar-refractivity contribution is -0.117. The van der Waals surface area contributed by atoms with Gasteiger partial charge in [0.2, 0.25) is 5.91 Å². The van der Waals surface area contributed by atoms with Gasteiger partial charge in [-0.05, 0) is 54.2 Å². The molecule has 0 unspecified atom stereocenters. The van der Waals surface area contributed by atoms with Gasteiger partial charge in [0.1, 0.15) is 11.6 Å². The molecule has 3 aromatic heterocycles. The molecule has 0 saturated heterocycles. The van der Waals surface area contributed by atoms with Gasteiger partial charge in [-0.25, -0.2) is 9.97 Å². The number of anilines is 1. The molecule has 0 aliphatic heterocycles. The van der Waals surface area contributed by atoms with Crippen LogP contribution in [0.5, 0.6) is 0 Å². The molecule has 0 spiro atoms. The van der Waals surface area contributed by atoms with Crippen molar-refractivity contribution in [3.05, 3.63) is 51.8 Å². The average molecular weight is 421 g/mol. The zero-order valence-corrected chi connectivity index (χ0v) is 16.2. The molecule has 0 aromatic carbocycles. The zero-order valence-electron chi connectivity index (χ0n) is 13.8. The van der Waals surface area contributed by atoms with E-state index in [0.717, 1.165) is 26.7 Å². The molecule has 8 heteroatoms. The third-order valence-corrected chi connectivity index (χ3v) is 4.72. The van der Waals surface area contributed by atoms with Gasteiger partial charge in [0, 0.05) is 22.6 Å². The second-order valence-electron chi connectivity index (χ2n) is 5.64. The summed E-state index contributed by atoms with van der Waals surface area (Å²) in [5.74, 6) is 2.05. The number of thiazole rings is 1. The second kappa shape index (κ2) is 7.90. The molecular weight excluding hydrogens is 404 g/mol. The molecule has 0 atom stereocenters. The van der Waals surface area contributed by atoms with Gasteiger partial charge in [-0.3, -0.25) is 9.69 Å². The second-order valence-corrected chi connectivity index (χ2v) is 7.41. The Balaban J connectivity index is 1.53.